The molecule has 5 rings (SSSR count). The zero-order chi connectivity index (χ0) is 27.1. The quantitative estimate of drug-likeness (QED) is 0.441. The molecule has 2 aromatic carbocycles. The van der Waals surface area contributed by atoms with E-state index in [0.29, 0.717) is 18.7 Å². The summed E-state index contributed by atoms with van der Waals surface area (Å²) in [6.45, 7) is 6.08. The van der Waals surface area contributed by atoms with Crippen molar-refractivity contribution in [3.63, 3.8) is 0 Å². The number of anilines is 1. The number of carbonyl (C=O) groups excluding carboxylic acids is 3. The normalized spacial score (nSPS) is 32.2. The predicted octanol–water partition coefficient (Wildman–Crippen LogP) is 3.29. The first kappa shape index (κ1) is 26.4. The molecule has 0 radical (unpaired) electrons. The second-order valence-corrected chi connectivity index (χ2v) is 11.1. The van der Waals surface area contributed by atoms with Crippen LogP contribution in [0.25, 0.3) is 0 Å². The van der Waals surface area contributed by atoms with Gasteiger partial charge in [0.25, 0.3) is 0 Å². The summed E-state index contributed by atoms with van der Waals surface area (Å²) in [5, 5.41) is 16.5. The standard InChI is InChI=1S/C30H37N3O5/c1-4-5-16-31-27(36)25-30-17-19(2)29(3,38-30)23(26(35)32-21-14-10-7-11-15-21)24(30)28(37)33(25)22(18-34)20-12-8-6-9-13-20/h6-15,19,22-25,34H,4-5,16-18H2,1-3H3,(H,31,36)(H,32,35)/t19?,22-,23-,24+,25?,29+,30?/m1/s1. The summed E-state index contributed by atoms with van der Waals surface area (Å²) in [4.78, 5) is 43.6. The Balaban J connectivity index is 1.58. The van der Waals surface area contributed by atoms with Gasteiger partial charge in [0.1, 0.15) is 11.6 Å². The molecule has 0 aliphatic carbocycles. The van der Waals surface area contributed by atoms with Gasteiger partial charge in [0, 0.05) is 12.2 Å². The highest BCUT2D eigenvalue weighted by Crippen LogP contribution is 2.66. The van der Waals surface area contributed by atoms with Crippen LogP contribution < -0.4 is 10.6 Å². The molecule has 202 valence electrons. The van der Waals surface area contributed by atoms with Crippen LogP contribution in [0.1, 0.15) is 51.6 Å². The van der Waals surface area contributed by atoms with Gasteiger partial charge in [-0.2, -0.15) is 0 Å². The molecule has 1 spiro atoms. The summed E-state index contributed by atoms with van der Waals surface area (Å²) in [5.41, 5.74) is -0.707. The van der Waals surface area contributed by atoms with Gasteiger partial charge in [0.15, 0.2) is 0 Å². The third kappa shape index (κ3) is 4.01. The van der Waals surface area contributed by atoms with E-state index in [4.69, 9.17) is 4.74 Å². The van der Waals surface area contributed by atoms with E-state index in [9.17, 15) is 19.5 Å². The zero-order valence-electron chi connectivity index (χ0n) is 22.2. The summed E-state index contributed by atoms with van der Waals surface area (Å²) >= 11 is 0. The molecular weight excluding hydrogens is 482 g/mol. The lowest BCUT2D eigenvalue weighted by Crippen LogP contribution is -2.56. The first-order chi connectivity index (χ1) is 18.3. The number of aliphatic hydroxyl groups excluding tert-OH is 1. The molecule has 3 unspecified atom stereocenters. The SMILES string of the molecule is CCCCNC(=O)C1N([C@H](CO)c2ccccc2)C(=O)[C@@H]2[C@H](C(=O)Nc3ccccc3)[C@@]3(C)OC12CC3C. The third-order valence-corrected chi connectivity index (χ3v) is 8.85. The lowest BCUT2D eigenvalue weighted by Gasteiger charge is -2.37. The second kappa shape index (κ2) is 10.2. The van der Waals surface area contributed by atoms with E-state index in [1.165, 1.54) is 4.90 Å². The molecule has 0 saturated carbocycles. The molecule has 3 N–H and O–H groups in total. The average Bonchev–Trinajstić information content (AvgIpc) is 3.43. The van der Waals surface area contributed by atoms with Gasteiger partial charge in [0.05, 0.1) is 30.1 Å². The molecule has 8 heteroatoms. The highest BCUT2D eigenvalue weighted by atomic mass is 16.5. The van der Waals surface area contributed by atoms with Gasteiger partial charge in [-0.3, -0.25) is 14.4 Å². The summed E-state index contributed by atoms with van der Waals surface area (Å²) in [5.74, 6) is -2.61. The van der Waals surface area contributed by atoms with Crippen molar-refractivity contribution >= 4 is 23.4 Å². The lowest BCUT2D eigenvalue weighted by atomic mass is 9.62. The minimum absolute atomic E-state index is 0.0618. The molecule has 8 nitrogen and oxygen atoms in total. The minimum Gasteiger partial charge on any atom is -0.394 e. The summed E-state index contributed by atoms with van der Waals surface area (Å²) < 4.78 is 6.76. The number of hydrogen-bond donors (Lipinski definition) is 3. The van der Waals surface area contributed by atoms with Gasteiger partial charge in [-0.25, -0.2) is 0 Å². The number of rotatable bonds is 9. The minimum atomic E-state index is -1.16. The maximum atomic E-state index is 14.4. The van der Waals surface area contributed by atoms with E-state index in [-0.39, 0.29) is 30.2 Å². The summed E-state index contributed by atoms with van der Waals surface area (Å²) in [7, 11) is 0. The van der Waals surface area contributed by atoms with Crippen molar-refractivity contribution in [2.75, 3.05) is 18.5 Å². The molecule has 2 bridgehead atoms. The molecule has 3 fully saturated rings. The van der Waals surface area contributed by atoms with Crippen molar-refractivity contribution in [3.05, 3.63) is 66.2 Å². The number of likely N-dealkylation sites (tertiary alicyclic amines) is 1. The van der Waals surface area contributed by atoms with E-state index in [1.807, 2.05) is 69.3 Å². The Bertz CT molecular complexity index is 1190. The topological polar surface area (TPSA) is 108 Å². The third-order valence-electron chi connectivity index (χ3n) is 8.85. The van der Waals surface area contributed by atoms with E-state index < -0.39 is 35.1 Å². The molecule has 0 aromatic heterocycles. The largest absolute Gasteiger partial charge is 0.394 e. The van der Waals surface area contributed by atoms with Crippen molar-refractivity contribution in [2.45, 2.75) is 63.3 Å². The fourth-order valence-corrected chi connectivity index (χ4v) is 6.97. The number of ether oxygens (including phenoxy) is 1. The number of para-hydroxylation sites is 1. The smallest absolute Gasteiger partial charge is 0.245 e. The monoisotopic (exact) mass is 519 g/mol. The molecule has 3 heterocycles. The first-order valence-corrected chi connectivity index (χ1v) is 13.6. The predicted molar refractivity (Wildman–Crippen MR) is 143 cm³/mol. The van der Waals surface area contributed by atoms with Crippen LogP contribution in [0.15, 0.2) is 60.7 Å². The zero-order valence-corrected chi connectivity index (χ0v) is 22.2. The number of hydrogen-bond acceptors (Lipinski definition) is 5. The van der Waals surface area contributed by atoms with E-state index in [0.717, 1.165) is 18.4 Å². The van der Waals surface area contributed by atoms with Crippen LogP contribution in [0.2, 0.25) is 0 Å². The number of amides is 3. The van der Waals surface area contributed by atoms with E-state index >= 15 is 0 Å². The van der Waals surface area contributed by atoms with Crippen molar-refractivity contribution in [2.24, 2.45) is 17.8 Å². The number of benzene rings is 2. The number of aliphatic hydroxyl groups is 1. The summed E-state index contributed by atoms with van der Waals surface area (Å²) in [6, 6.07) is 16.7. The summed E-state index contributed by atoms with van der Waals surface area (Å²) in [6.07, 6.45) is 2.20. The second-order valence-electron chi connectivity index (χ2n) is 11.1. The van der Waals surface area contributed by atoms with Crippen molar-refractivity contribution in [1.82, 2.24) is 10.2 Å². The van der Waals surface area contributed by atoms with Gasteiger partial charge < -0.3 is 25.4 Å². The van der Waals surface area contributed by atoms with Crippen molar-refractivity contribution in [3.8, 4) is 0 Å². The Labute approximate surface area is 223 Å². The van der Waals surface area contributed by atoms with E-state index in [2.05, 4.69) is 10.6 Å². The van der Waals surface area contributed by atoms with Crippen LogP contribution in [0.4, 0.5) is 5.69 Å². The Morgan fingerprint density at radius 3 is 2.39 bits per heavy atom. The number of carbonyl (C=O) groups is 3. The maximum absolute atomic E-state index is 14.4. The van der Waals surface area contributed by atoms with Crippen LogP contribution in [-0.4, -0.2) is 58.1 Å². The highest BCUT2D eigenvalue weighted by molar-refractivity contribution is 6.02. The Morgan fingerprint density at radius 1 is 1.11 bits per heavy atom. The van der Waals surface area contributed by atoms with Crippen molar-refractivity contribution < 1.29 is 24.2 Å². The van der Waals surface area contributed by atoms with Crippen LogP contribution in [0.5, 0.6) is 0 Å². The van der Waals surface area contributed by atoms with Gasteiger partial charge in [0.2, 0.25) is 17.7 Å². The van der Waals surface area contributed by atoms with Gasteiger partial charge in [-0.05, 0) is 43.4 Å². The fourth-order valence-electron chi connectivity index (χ4n) is 6.97. The number of nitrogens with zero attached hydrogens (tertiary/aromatic N) is 1. The molecule has 3 aliphatic rings. The maximum Gasteiger partial charge on any atom is 0.245 e. The number of nitrogens with one attached hydrogen (secondary N) is 2. The lowest BCUT2D eigenvalue weighted by molar-refractivity contribution is -0.150. The Kier molecular flexibility index (Phi) is 7.05. The Morgan fingerprint density at radius 2 is 1.76 bits per heavy atom. The van der Waals surface area contributed by atoms with E-state index in [1.54, 1.807) is 12.1 Å². The molecule has 7 atom stereocenters. The van der Waals surface area contributed by atoms with Gasteiger partial charge in [-0.1, -0.05) is 68.8 Å². The van der Waals surface area contributed by atoms with Crippen LogP contribution in [-0.2, 0) is 19.1 Å². The van der Waals surface area contributed by atoms with Gasteiger partial charge >= 0.3 is 0 Å². The molecular formula is C30H37N3O5. The van der Waals surface area contributed by atoms with Crippen LogP contribution in [0, 0.1) is 17.8 Å². The fraction of sp³-hybridized carbons (Fsp3) is 0.500. The number of unbranched alkanes of at least 4 members (excludes halogenated alkanes) is 1. The molecule has 38 heavy (non-hydrogen) atoms. The number of fused-ring (bicyclic) bond motifs is 1. The average molecular weight is 520 g/mol. The van der Waals surface area contributed by atoms with Crippen molar-refractivity contribution in [1.29, 1.82) is 0 Å². The molecule has 3 aliphatic heterocycles. The Hall–Kier alpha value is -3.23. The first-order valence-electron chi connectivity index (χ1n) is 13.6. The molecule has 3 saturated heterocycles. The van der Waals surface area contributed by atoms with Crippen LogP contribution in [0.3, 0.4) is 0 Å². The van der Waals surface area contributed by atoms with Crippen LogP contribution >= 0.6 is 0 Å². The van der Waals surface area contributed by atoms with Gasteiger partial charge in [-0.15, -0.1) is 0 Å². The molecule has 3 amide bonds. The molecule has 2 aromatic rings. The highest BCUT2D eigenvalue weighted by Gasteiger charge is 2.80.